The first-order valence-electron chi connectivity index (χ1n) is 10.4. The fraction of sp³-hybridized carbons (Fsp3) is 0.636. The number of unbranched alkanes of at least 4 members (excludes halogenated alkanes) is 1. The number of ether oxygens (including phenoxy) is 1. The fourth-order valence-corrected chi connectivity index (χ4v) is 5.04. The SMILES string of the molecule is CCCCOC1CC2CCC(C1)C2NC(=O)c1ccn2c(C)cc(C)nc12. The Morgan fingerprint density at radius 3 is 2.74 bits per heavy atom. The fourth-order valence-electron chi connectivity index (χ4n) is 5.04. The smallest absolute Gasteiger partial charge is 0.255 e. The summed E-state index contributed by atoms with van der Waals surface area (Å²) in [7, 11) is 0. The van der Waals surface area contributed by atoms with Crippen molar-refractivity contribution in [2.75, 3.05) is 6.61 Å². The van der Waals surface area contributed by atoms with Gasteiger partial charge in [-0.2, -0.15) is 0 Å². The molecule has 2 aromatic heterocycles. The first kappa shape index (κ1) is 18.5. The molecule has 2 fully saturated rings. The molecule has 2 aliphatic rings. The number of carbonyl (C=O) groups is 1. The van der Waals surface area contributed by atoms with Crippen molar-refractivity contribution in [1.29, 1.82) is 0 Å². The predicted molar refractivity (Wildman–Crippen MR) is 106 cm³/mol. The van der Waals surface area contributed by atoms with E-state index in [4.69, 9.17) is 4.74 Å². The zero-order chi connectivity index (χ0) is 19.0. The lowest BCUT2D eigenvalue weighted by Gasteiger charge is -2.35. The number of carbonyl (C=O) groups excluding carboxylic acids is 1. The minimum Gasteiger partial charge on any atom is -0.378 e. The van der Waals surface area contributed by atoms with Gasteiger partial charge in [0, 0.05) is 30.2 Å². The minimum atomic E-state index is 0.0160. The predicted octanol–water partition coefficient (Wildman–Crippen LogP) is 4.05. The Morgan fingerprint density at radius 1 is 1.30 bits per heavy atom. The van der Waals surface area contributed by atoms with E-state index in [0.717, 1.165) is 42.9 Å². The van der Waals surface area contributed by atoms with Crippen molar-refractivity contribution >= 4 is 11.6 Å². The second-order valence-corrected chi connectivity index (χ2v) is 8.38. The van der Waals surface area contributed by atoms with Crippen LogP contribution in [-0.4, -0.2) is 34.0 Å². The van der Waals surface area contributed by atoms with Crippen molar-refractivity contribution in [3.8, 4) is 0 Å². The summed E-state index contributed by atoms with van der Waals surface area (Å²) in [5, 5.41) is 3.35. The largest absolute Gasteiger partial charge is 0.378 e. The molecule has 5 heteroatoms. The lowest BCUT2D eigenvalue weighted by molar-refractivity contribution is -0.00119. The van der Waals surface area contributed by atoms with Crippen molar-refractivity contribution in [3.63, 3.8) is 0 Å². The van der Waals surface area contributed by atoms with E-state index < -0.39 is 0 Å². The van der Waals surface area contributed by atoms with Crippen LogP contribution in [0.25, 0.3) is 5.65 Å². The summed E-state index contributed by atoms with van der Waals surface area (Å²) < 4.78 is 8.08. The van der Waals surface area contributed by atoms with E-state index in [1.165, 1.54) is 19.3 Å². The van der Waals surface area contributed by atoms with E-state index in [0.29, 0.717) is 23.5 Å². The molecule has 4 rings (SSSR count). The van der Waals surface area contributed by atoms with Crippen LogP contribution >= 0.6 is 0 Å². The molecular formula is C22H31N3O2. The molecule has 2 heterocycles. The summed E-state index contributed by atoms with van der Waals surface area (Å²) in [6.45, 7) is 7.09. The number of nitrogens with one attached hydrogen (secondary N) is 1. The molecule has 0 aromatic carbocycles. The van der Waals surface area contributed by atoms with Crippen LogP contribution in [0, 0.1) is 25.7 Å². The van der Waals surface area contributed by atoms with Gasteiger partial charge in [-0.25, -0.2) is 4.98 Å². The number of aromatic nitrogens is 2. The van der Waals surface area contributed by atoms with Gasteiger partial charge in [0.25, 0.3) is 5.91 Å². The Labute approximate surface area is 161 Å². The number of aryl methyl sites for hydroxylation is 2. The summed E-state index contributed by atoms with van der Waals surface area (Å²) in [6, 6.07) is 4.21. The molecular weight excluding hydrogens is 338 g/mol. The lowest BCUT2D eigenvalue weighted by atomic mass is 9.82. The molecule has 0 aliphatic heterocycles. The molecule has 2 bridgehead atoms. The van der Waals surface area contributed by atoms with Crippen LogP contribution in [-0.2, 0) is 4.74 Å². The number of rotatable bonds is 6. The first-order chi connectivity index (χ1) is 13.1. The molecule has 2 atom stereocenters. The van der Waals surface area contributed by atoms with Crippen molar-refractivity contribution < 1.29 is 9.53 Å². The summed E-state index contributed by atoms with van der Waals surface area (Å²) in [5.74, 6) is 1.11. The Kier molecular flexibility index (Phi) is 5.22. The van der Waals surface area contributed by atoms with E-state index in [-0.39, 0.29) is 11.9 Å². The second kappa shape index (κ2) is 7.63. The number of fused-ring (bicyclic) bond motifs is 3. The van der Waals surface area contributed by atoms with Crippen molar-refractivity contribution in [1.82, 2.24) is 14.7 Å². The van der Waals surface area contributed by atoms with Gasteiger partial charge >= 0.3 is 0 Å². The van der Waals surface area contributed by atoms with Crippen LogP contribution in [0.3, 0.4) is 0 Å². The molecule has 146 valence electrons. The van der Waals surface area contributed by atoms with E-state index in [9.17, 15) is 4.79 Å². The maximum absolute atomic E-state index is 13.0. The average Bonchev–Trinajstić information content (AvgIpc) is 3.14. The van der Waals surface area contributed by atoms with Gasteiger partial charge in [0.1, 0.15) is 5.65 Å². The first-order valence-corrected chi connectivity index (χ1v) is 10.4. The number of nitrogens with zero attached hydrogens (tertiary/aromatic N) is 2. The van der Waals surface area contributed by atoms with Crippen LogP contribution in [0.5, 0.6) is 0 Å². The maximum Gasteiger partial charge on any atom is 0.255 e. The van der Waals surface area contributed by atoms with E-state index >= 15 is 0 Å². The van der Waals surface area contributed by atoms with Crippen molar-refractivity contribution in [2.45, 2.75) is 71.4 Å². The zero-order valence-electron chi connectivity index (χ0n) is 16.7. The summed E-state index contributed by atoms with van der Waals surface area (Å²) in [6.07, 6.45) is 9.21. The quantitative estimate of drug-likeness (QED) is 0.782. The normalized spacial score (nSPS) is 27.2. The van der Waals surface area contributed by atoms with Crippen LogP contribution in [0.1, 0.15) is 67.2 Å². The van der Waals surface area contributed by atoms with Crippen LogP contribution in [0.2, 0.25) is 0 Å². The van der Waals surface area contributed by atoms with Gasteiger partial charge in [0.05, 0.1) is 11.7 Å². The highest BCUT2D eigenvalue weighted by atomic mass is 16.5. The van der Waals surface area contributed by atoms with Gasteiger partial charge in [0.15, 0.2) is 0 Å². The minimum absolute atomic E-state index is 0.0160. The van der Waals surface area contributed by atoms with Gasteiger partial charge in [-0.1, -0.05) is 13.3 Å². The molecule has 1 N–H and O–H groups in total. The molecule has 27 heavy (non-hydrogen) atoms. The Bertz CT molecular complexity index is 814. The lowest BCUT2D eigenvalue weighted by Crippen LogP contribution is -2.46. The Morgan fingerprint density at radius 2 is 2.04 bits per heavy atom. The topological polar surface area (TPSA) is 55.6 Å². The number of hydrogen-bond donors (Lipinski definition) is 1. The molecule has 2 saturated carbocycles. The Balaban J connectivity index is 1.45. The summed E-state index contributed by atoms with van der Waals surface area (Å²) in [5.41, 5.74) is 3.48. The molecule has 5 nitrogen and oxygen atoms in total. The molecule has 0 saturated heterocycles. The number of hydrogen-bond acceptors (Lipinski definition) is 3. The summed E-state index contributed by atoms with van der Waals surface area (Å²) in [4.78, 5) is 17.6. The van der Waals surface area contributed by atoms with E-state index in [1.807, 2.05) is 36.6 Å². The van der Waals surface area contributed by atoms with Crippen molar-refractivity contribution in [2.24, 2.45) is 11.8 Å². The van der Waals surface area contributed by atoms with Crippen LogP contribution in [0.15, 0.2) is 18.3 Å². The van der Waals surface area contributed by atoms with Gasteiger partial charge in [-0.05, 0) is 69.9 Å². The van der Waals surface area contributed by atoms with Gasteiger partial charge in [-0.3, -0.25) is 4.79 Å². The van der Waals surface area contributed by atoms with Gasteiger partial charge in [-0.15, -0.1) is 0 Å². The third-order valence-electron chi connectivity index (χ3n) is 6.39. The van der Waals surface area contributed by atoms with E-state index in [2.05, 4.69) is 17.2 Å². The second-order valence-electron chi connectivity index (χ2n) is 8.38. The highest BCUT2D eigenvalue weighted by molar-refractivity contribution is 6.00. The van der Waals surface area contributed by atoms with Crippen molar-refractivity contribution in [3.05, 3.63) is 35.3 Å². The summed E-state index contributed by atoms with van der Waals surface area (Å²) >= 11 is 0. The highest BCUT2D eigenvalue weighted by Gasteiger charge is 2.43. The monoisotopic (exact) mass is 369 g/mol. The molecule has 0 spiro atoms. The Hall–Kier alpha value is -1.88. The molecule has 2 unspecified atom stereocenters. The number of amides is 1. The van der Waals surface area contributed by atoms with Crippen LogP contribution in [0.4, 0.5) is 0 Å². The average molecular weight is 370 g/mol. The highest BCUT2D eigenvalue weighted by Crippen LogP contribution is 2.43. The van der Waals surface area contributed by atoms with Gasteiger partial charge in [0.2, 0.25) is 0 Å². The molecule has 2 aliphatic carbocycles. The van der Waals surface area contributed by atoms with Crippen LogP contribution < -0.4 is 5.32 Å². The molecule has 0 radical (unpaired) electrons. The molecule has 2 aromatic rings. The zero-order valence-corrected chi connectivity index (χ0v) is 16.7. The molecule has 1 amide bonds. The van der Waals surface area contributed by atoms with E-state index in [1.54, 1.807) is 0 Å². The van der Waals surface area contributed by atoms with Gasteiger partial charge < -0.3 is 14.5 Å². The standard InChI is InChI=1S/C22H31N3O2/c1-4-5-10-27-18-12-16-6-7-17(13-18)20(16)24-22(26)19-8-9-25-15(3)11-14(2)23-21(19)25/h8-9,11,16-18,20H,4-7,10,12-13H2,1-3H3,(H,24,26). The maximum atomic E-state index is 13.0. The third-order valence-corrected chi connectivity index (χ3v) is 6.39. The third kappa shape index (κ3) is 3.62.